The number of rotatable bonds is 15. The molecule has 0 unspecified atom stereocenters. The number of carboxylic acids is 1. The minimum Gasteiger partial charge on any atom is -0.480 e. The maximum absolute atomic E-state index is 12.5. The van der Waals surface area contributed by atoms with Gasteiger partial charge in [0.1, 0.15) is 18.1 Å². The van der Waals surface area contributed by atoms with E-state index in [-0.39, 0.29) is 24.9 Å². The van der Waals surface area contributed by atoms with Gasteiger partial charge in [-0.3, -0.25) is 29.2 Å². The van der Waals surface area contributed by atoms with E-state index in [2.05, 4.69) is 25.9 Å². The van der Waals surface area contributed by atoms with Crippen LogP contribution in [-0.4, -0.2) is 78.0 Å². The monoisotopic (exact) mass is 472 g/mol. The molecule has 0 saturated carbocycles. The molecular weight excluding hydrogens is 436 g/mol. The molecule has 15 heteroatoms. The average Bonchev–Trinajstić information content (AvgIpc) is 2.72. The van der Waals surface area contributed by atoms with Crippen LogP contribution in [0.4, 0.5) is 0 Å². The van der Waals surface area contributed by atoms with Gasteiger partial charge in [-0.25, -0.2) is 0 Å². The molecule has 33 heavy (non-hydrogen) atoms. The topological polar surface area (TPSA) is 279 Å². The number of nitrogens with two attached hydrogens (primary N) is 5. The molecule has 0 saturated heterocycles. The van der Waals surface area contributed by atoms with Crippen LogP contribution in [0.25, 0.3) is 0 Å². The van der Waals surface area contributed by atoms with Crippen molar-refractivity contribution in [3.8, 4) is 0 Å². The van der Waals surface area contributed by atoms with Crippen molar-refractivity contribution < 1.29 is 24.3 Å². The van der Waals surface area contributed by atoms with E-state index >= 15 is 0 Å². The number of aliphatic carboxylic acids is 1. The van der Waals surface area contributed by atoms with Crippen LogP contribution in [-0.2, 0) is 19.2 Å². The van der Waals surface area contributed by atoms with E-state index in [1.165, 1.54) is 13.8 Å². The number of nitrogens with zero attached hydrogens (tertiary/aromatic N) is 2. The van der Waals surface area contributed by atoms with Crippen LogP contribution < -0.4 is 44.6 Å². The number of aliphatic imine (C=N–C) groups is 2. The zero-order chi connectivity index (χ0) is 25.6. The summed E-state index contributed by atoms with van der Waals surface area (Å²) >= 11 is 0. The summed E-state index contributed by atoms with van der Waals surface area (Å²) in [4.78, 5) is 55.8. The Kier molecular flexibility index (Phi) is 13.6. The summed E-state index contributed by atoms with van der Waals surface area (Å²) in [6.45, 7) is 3.23. The average molecular weight is 473 g/mol. The third-order valence-electron chi connectivity index (χ3n) is 4.36. The van der Waals surface area contributed by atoms with Gasteiger partial charge >= 0.3 is 5.97 Å². The van der Waals surface area contributed by atoms with E-state index in [1.807, 2.05) is 0 Å². The van der Waals surface area contributed by atoms with Crippen molar-refractivity contribution in [3.63, 3.8) is 0 Å². The number of carboxylic acid groups (broad SMARTS) is 1. The molecule has 0 bridgehead atoms. The van der Waals surface area contributed by atoms with Crippen molar-refractivity contribution in [2.24, 2.45) is 38.7 Å². The summed E-state index contributed by atoms with van der Waals surface area (Å²) in [6.07, 6.45) is 1.22. The molecule has 0 spiro atoms. The van der Waals surface area contributed by atoms with Crippen LogP contribution in [0, 0.1) is 0 Å². The van der Waals surface area contributed by atoms with E-state index < -0.39 is 47.9 Å². The van der Waals surface area contributed by atoms with Crippen molar-refractivity contribution in [1.82, 2.24) is 16.0 Å². The molecule has 15 nitrogen and oxygen atoms in total. The molecule has 0 aromatic rings. The smallest absolute Gasteiger partial charge is 0.325 e. The van der Waals surface area contributed by atoms with Gasteiger partial charge in [0.15, 0.2) is 11.9 Å². The fourth-order valence-corrected chi connectivity index (χ4v) is 2.48. The van der Waals surface area contributed by atoms with Gasteiger partial charge in [-0.15, -0.1) is 0 Å². The maximum Gasteiger partial charge on any atom is 0.325 e. The van der Waals surface area contributed by atoms with Crippen LogP contribution in [0.15, 0.2) is 9.98 Å². The second-order valence-electron chi connectivity index (χ2n) is 7.36. The zero-order valence-electron chi connectivity index (χ0n) is 18.9. The van der Waals surface area contributed by atoms with Gasteiger partial charge in [-0.1, -0.05) is 0 Å². The molecule has 0 aromatic heterocycles. The zero-order valence-corrected chi connectivity index (χ0v) is 18.9. The molecule has 4 atom stereocenters. The molecular formula is C18H36N10O5. The number of hydrogen-bond donors (Lipinski definition) is 9. The molecule has 0 rings (SSSR count). The molecule has 0 aliphatic heterocycles. The third-order valence-corrected chi connectivity index (χ3v) is 4.36. The second kappa shape index (κ2) is 15.2. The molecule has 0 fully saturated rings. The normalized spacial score (nSPS) is 14.0. The summed E-state index contributed by atoms with van der Waals surface area (Å²) in [5.74, 6) is -3.32. The first kappa shape index (κ1) is 29.4. The highest BCUT2D eigenvalue weighted by atomic mass is 16.4. The summed E-state index contributed by atoms with van der Waals surface area (Å²) in [5, 5.41) is 16.3. The fourth-order valence-electron chi connectivity index (χ4n) is 2.48. The fraction of sp³-hybridized carbons (Fsp3) is 0.667. The van der Waals surface area contributed by atoms with Gasteiger partial charge in [0.05, 0.1) is 6.04 Å². The Morgan fingerprint density at radius 2 is 1.24 bits per heavy atom. The van der Waals surface area contributed by atoms with Crippen LogP contribution in [0.1, 0.15) is 39.5 Å². The van der Waals surface area contributed by atoms with Gasteiger partial charge in [0.25, 0.3) is 0 Å². The Morgan fingerprint density at radius 1 is 0.758 bits per heavy atom. The molecule has 14 N–H and O–H groups in total. The van der Waals surface area contributed by atoms with E-state index in [4.69, 9.17) is 33.8 Å². The summed E-state index contributed by atoms with van der Waals surface area (Å²) < 4.78 is 0. The predicted octanol–water partition coefficient (Wildman–Crippen LogP) is -4.00. The Morgan fingerprint density at radius 3 is 1.73 bits per heavy atom. The Balaban J connectivity index is 4.92. The minimum atomic E-state index is -1.23. The first-order valence-corrected chi connectivity index (χ1v) is 10.3. The molecule has 0 aliphatic carbocycles. The highest BCUT2D eigenvalue weighted by Crippen LogP contribution is 2.02. The maximum atomic E-state index is 12.5. The van der Waals surface area contributed by atoms with Crippen molar-refractivity contribution in [2.75, 3.05) is 13.1 Å². The quantitative estimate of drug-likeness (QED) is 0.0632. The van der Waals surface area contributed by atoms with Crippen LogP contribution in [0.3, 0.4) is 0 Å². The van der Waals surface area contributed by atoms with E-state index in [0.29, 0.717) is 25.8 Å². The molecule has 0 aliphatic rings. The van der Waals surface area contributed by atoms with E-state index in [1.54, 1.807) is 0 Å². The van der Waals surface area contributed by atoms with Crippen molar-refractivity contribution >= 4 is 35.6 Å². The van der Waals surface area contributed by atoms with Gasteiger partial charge < -0.3 is 49.7 Å². The van der Waals surface area contributed by atoms with Gasteiger partial charge in [-0.05, 0) is 39.5 Å². The number of guanidine groups is 2. The summed E-state index contributed by atoms with van der Waals surface area (Å²) in [7, 11) is 0. The summed E-state index contributed by atoms with van der Waals surface area (Å²) in [5.41, 5.74) is 26.8. The highest BCUT2D eigenvalue weighted by molar-refractivity contribution is 5.93. The van der Waals surface area contributed by atoms with Crippen LogP contribution >= 0.6 is 0 Å². The molecule has 0 heterocycles. The number of carbonyl (C=O) groups excluding carboxylic acids is 3. The predicted molar refractivity (Wildman–Crippen MR) is 123 cm³/mol. The first-order valence-electron chi connectivity index (χ1n) is 10.3. The van der Waals surface area contributed by atoms with Crippen molar-refractivity contribution in [2.45, 2.75) is 63.7 Å². The third kappa shape index (κ3) is 13.4. The molecule has 188 valence electrons. The first-order chi connectivity index (χ1) is 15.3. The lowest BCUT2D eigenvalue weighted by Gasteiger charge is -2.23. The van der Waals surface area contributed by atoms with Crippen molar-refractivity contribution in [3.05, 3.63) is 0 Å². The number of carbonyl (C=O) groups is 4. The Bertz CT molecular complexity index is 734. The lowest BCUT2D eigenvalue weighted by atomic mass is 10.1. The largest absolute Gasteiger partial charge is 0.480 e. The lowest BCUT2D eigenvalue weighted by Crippen LogP contribution is -2.56. The highest BCUT2D eigenvalue weighted by Gasteiger charge is 2.27. The van der Waals surface area contributed by atoms with E-state index in [0.717, 1.165) is 0 Å². The van der Waals surface area contributed by atoms with E-state index in [9.17, 15) is 19.2 Å². The molecule has 0 radical (unpaired) electrons. The van der Waals surface area contributed by atoms with Crippen LogP contribution in [0.2, 0.25) is 0 Å². The van der Waals surface area contributed by atoms with Crippen LogP contribution in [0.5, 0.6) is 0 Å². The lowest BCUT2D eigenvalue weighted by molar-refractivity contribution is -0.141. The second-order valence-corrected chi connectivity index (χ2v) is 7.36. The number of hydrogen-bond acceptors (Lipinski definition) is 7. The van der Waals surface area contributed by atoms with Gasteiger partial charge in [0, 0.05) is 13.1 Å². The standard InChI is InChI=1S/C18H36N10O5/c1-9(26-14(30)11(19)5-3-7-24-17(20)21)13(29)28-12(6-4-8-25-18(22)23)15(31)27-10(2)16(32)33/h9-12H,3-8,19H2,1-2H3,(H,26,30)(H,27,31)(H,28,29)(H,32,33)(H4,20,21,24)(H4,22,23,25)/t9-,10-,11+,12+/m1/s1. The Labute approximate surface area is 192 Å². The summed E-state index contributed by atoms with van der Waals surface area (Å²) in [6, 6.07) is -4.12. The Hall–Kier alpha value is -3.62. The minimum absolute atomic E-state index is 0.0621. The SMILES string of the molecule is C[C@@H](NC(=O)[C@H](CCCN=C(N)N)NC(=O)[C@@H](C)NC(=O)[C@@H](N)CCCN=C(N)N)C(=O)O. The molecule has 0 aromatic carbocycles. The van der Waals surface area contributed by atoms with Gasteiger partial charge in [0.2, 0.25) is 17.7 Å². The van der Waals surface area contributed by atoms with Gasteiger partial charge in [-0.2, -0.15) is 0 Å². The molecule has 3 amide bonds. The number of nitrogens with one attached hydrogen (secondary N) is 3. The van der Waals surface area contributed by atoms with Crippen molar-refractivity contribution in [1.29, 1.82) is 0 Å². The number of amides is 3.